The SMILES string of the molecule is CC(C)(C)c1cc(CCCCc2cc(C(C)(C)C)cc(-c3[c-]cc(F)cc3F)n2)nc(-c2[c-]cc(F)cc2F)c1.C[n+]1[c-]n(-c2[c-]cccc2)c2ncccc21.[Ir]. The van der Waals surface area contributed by atoms with Crippen molar-refractivity contribution in [2.24, 2.45) is 7.05 Å². The largest absolute Gasteiger partial charge is 0.326 e. The van der Waals surface area contributed by atoms with Gasteiger partial charge >= 0.3 is 0 Å². The van der Waals surface area contributed by atoms with Crippen molar-refractivity contribution in [3.05, 3.63) is 161 Å². The molecule has 0 N–H and O–H groups in total. The summed E-state index contributed by atoms with van der Waals surface area (Å²) in [4.78, 5) is 13.7. The van der Waals surface area contributed by atoms with Crippen molar-refractivity contribution in [2.45, 2.75) is 78.1 Å². The minimum absolute atomic E-state index is 0. The Morgan fingerprint density at radius 3 is 1.65 bits per heavy atom. The number of imidazole rings is 1. The molecule has 57 heavy (non-hydrogen) atoms. The molecule has 0 unspecified atom stereocenters. The number of benzene rings is 3. The Morgan fingerprint density at radius 2 is 1.19 bits per heavy atom. The molecule has 10 heteroatoms. The van der Waals surface area contributed by atoms with Crippen molar-refractivity contribution in [2.75, 3.05) is 0 Å². The van der Waals surface area contributed by atoms with Crippen LogP contribution in [0.3, 0.4) is 0 Å². The third-order valence-corrected chi connectivity index (χ3v) is 9.36. The van der Waals surface area contributed by atoms with E-state index in [1.165, 1.54) is 0 Å². The van der Waals surface area contributed by atoms with Crippen LogP contribution in [0.4, 0.5) is 17.6 Å². The van der Waals surface area contributed by atoms with E-state index in [9.17, 15) is 17.6 Å². The second-order valence-corrected chi connectivity index (χ2v) is 15.8. The fourth-order valence-corrected chi connectivity index (χ4v) is 6.21. The maximum atomic E-state index is 14.5. The first-order chi connectivity index (χ1) is 26.6. The second-order valence-electron chi connectivity index (χ2n) is 15.8. The zero-order chi connectivity index (χ0) is 40.2. The summed E-state index contributed by atoms with van der Waals surface area (Å²) in [5.41, 5.74) is 7.33. The normalized spacial score (nSPS) is 11.6. The van der Waals surface area contributed by atoms with E-state index < -0.39 is 23.3 Å². The Balaban J connectivity index is 0.000000302. The number of unbranched alkanes of at least 4 members (excludes halogenated alkanes) is 1. The zero-order valence-corrected chi connectivity index (χ0v) is 35.5. The smallest absolute Gasteiger partial charge is 0.243 e. The number of halogens is 4. The Labute approximate surface area is 346 Å². The van der Waals surface area contributed by atoms with Gasteiger partial charge in [0.25, 0.3) is 0 Å². The maximum Gasteiger partial charge on any atom is 0.243 e. The first-order valence-electron chi connectivity index (χ1n) is 18.6. The standard InChI is InChI=1S/C34H34F4N2.C13H10N3.Ir/c1-33(2,3)21-15-25(39-31(17-21)27-13-11-23(35)19-29(27)37)9-7-8-10-26-16-22(34(4,5)6)18-32(40-26)28-14-12-24(36)20-30(28)38;1-15-10-16(11-6-3-2-4-7-11)13-12(15)8-5-9-14-13;/h11-12,15-20H,7-10H2,1-6H3;2-6,8-9H,1H3;/q-2;-1;. The number of hydrogen-bond acceptors (Lipinski definition) is 3. The summed E-state index contributed by atoms with van der Waals surface area (Å²) in [6.07, 6.45) is 7.90. The summed E-state index contributed by atoms with van der Waals surface area (Å²) >= 11 is 0. The Hall–Kier alpha value is -5.05. The van der Waals surface area contributed by atoms with Crippen LogP contribution in [-0.4, -0.2) is 19.5 Å². The third-order valence-electron chi connectivity index (χ3n) is 9.36. The van der Waals surface area contributed by atoms with Crippen LogP contribution in [0.1, 0.15) is 76.9 Å². The monoisotopic (exact) mass is 947 g/mol. The van der Waals surface area contributed by atoms with Crippen LogP contribution in [0.25, 0.3) is 39.4 Å². The molecule has 0 saturated carbocycles. The molecule has 7 aromatic rings. The molecule has 3 aromatic carbocycles. The third kappa shape index (κ3) is 10.7. The first-order valence-corrected chi connectivity index (χ1v) is 18.6. The molecule has 0 bridgehead atoms. The second kappa shape index (κ2) is 18.0. The number of hydrogen-bond donors (Lipinski definition) is 0. The predicted octanol–water partition coefficient (Wildman–Crippen LogP) is 10.6. The molecule has 0 saturated heterocycles. The molecule has 7 rings (SSSR count). The van der Waals surface area contributed by atoms with E-state index in [-0.39, 0.29) is 42.1 Å². The molecule has 4 heterocycles. The van der Waals surface area contributed by atoms with E-state index in [0.29, 0.717) is 24.2 Å². The van der Waals surface area contributed by atoms with Crippen LogP contribution in [0.5, 0.6) is 0 Å². The number of nitrogens with zero attached hydrogens (tertiary/aromatic N) is 5. The van der Waals surface area contributed by atoms with Crippen LogP contribution >= 0.6 is 0 Å². The molecule has 297 valence electrons. The fourth-order valence-electron chi connectivity index (χ4n) is 6.21. The van der Waals surface area contributed by atoms with E-state index in [0.717, 1.165) is 76.5 Å². The average molecular weight is 947 g/mol. The van der Waals surface area contributed by atoms with Crippen LogP contribution in [0.15, 0.2) is 91.1 Å². The molecule has 4 aromatic heterocycles. The number of pyridine rings is 3. The Morgan fingerprint density at radius 1 is 0.667 bits per heavy atom. The minimum atomic E-state index is -0.694. The predicted molar refractivity (Wildman–Crippen MR) is 211 cm³/mol. The summed E-state index contributed by atoms with van der Waals surface area (Å²) in [6, 6.07) is 32.0. The molecule has 0 spiro atoms. The van der Waals surface area contributed by atoms with E-state index in [1.807, 2.05) is 76.8 Å². The minimum Gasteiger partial charge on any atom is -0.326 e. The van der Waals surface area contributed by atoms with Gasteiger partial charge in [-0.05, 0) is 71.2 Å². The van der Waals surface area contributed by atoms with Gasteiger partial charge in [-0.3, -0.25) is 22.5 Å². The van der Waals surface area contributed by atoms with E-state index in [2.05, 4.69) is 81.0 Å². The number of aryl methyl sites for hydroxylation is 3. The van der Waals surface area contributed by atoms with Gasteiger partial charge in [0.15, 0.2) is 0 Å². The molecule has 0 aliphatic rings. The van der Waals surface area contributed by atoms with Crippen molar-refractivity contribution in [1.29, 1.82) is 0 Å². The zero-order valence-electron chi connectivity index (χ0n) is 33.1. The fraction of sp³-hybridized carbons (Fsp3) is 0.277. The van der Waals surface area contributed by atoms with Crippen molar-refractivity contribution < 1.29 is 42.2 Å². The summed E-state index contributed by atoms with van der Waals surface area (Å²) in [6.45, 7) is 12.5. The topological polar surface area (TPSA) is 47.5 Å². The average Bonchev–Trinajstić information content (AvgIpc) is 3.49. The van der Waals surface area contributed by atoms with Gasteiger partial charge in [-0.25, -0.2) is 0 Å². The maximum absolute atomic E-state index is 14.5. The Bertz CT molecular complexity index is 2350. The van der Waals surface area contributed by atoms with Gasteiger partial charge in [0.05, 0.1) is 12.6 Å². The number of para-hydroxylation sites is 1. The van der Waals surface area contributed by atoms with Gasteiger partial charge in [-0.2, -0.15) is 30.3 Å². The van der Waals surface area contributed by atoms with Gasteiger partial charge < -0.3 is 19.1 Å². The number of fused-ring (bicyclic) bond motifs is 1. The molecule has 0 atom stereocenters. The van der Waals surface area contributed by atoms with Gasteiger partial charge in [-0.15, -0.1) is 24.3 Å². The van der Waals surface area contributed by atoms with Crippen molar-refractivity contribution >= 4 is 11.2 Å². The van der Waals surface area contributed by atoms with Crippen LogP contribution in [-0.2, 0) is 50.8 Å². The van der Waals surface area contributed by atoms with Crippen LogP contribution in [0, 0.1) is 47.8 Å². The molecule has 0 amide bonds. The van der Waals surface area contributed by atoms with Gasteiger partial charge in [0, 0.05) is 61.0 Å². The van der Waals surface area contributed by atoms with Crippen LogP contribution in [0.2, 0.25) is 0 Å². The molecule has 0 aliphatic carbocycles. The molecule has 0 fully saturated rings. The van der Waals surface area contributed by atoms with Gasteiger partial charge in [0.1, 0.15) is 5.65 Å². The number of aromatic nitrogens is 5. The van der Waals surface area contributed by atoms with Crippen LogP contribution < -0.4 is 4.57 Å². The molecule has 1 radical (unpaired) electrons. The van der Waals surface area contributed by atoms with Crippen molar-refractivity contribution in [3.63, 3.8) is 0 Å². The number of rotatable bonds is 8. The quantitative estimate of drug-likeness (QED) is 0.0660. The Kier molecular flexibility index (Phi) is 13.6. The van der Waals surface area contributed by atoms with E-state index >= 15 is 0 Å². The van der Waals surface area contributed by atoms with E-state index in [4.69, 9.17) is 0 Å². The van der Waals surface area contributed by atoms with Crippen molar-refractivity contribution in [1.82, 2.24) is 19.5 Å². The summed E-state index contributed by atoms with van der Waals surface area (Å²) < 4.78 is 59.9. The van der Waals surface area contributed by atoms with E-state index in [1.54, 1.807) is 6.20 Å². The molecule has 0 aliphatic heterocycles. The first kappa shape index (κ1) is 43.1. The summed E-state index contributed by atoms with van der Waals surface area (Å²) in [5.74, 6) is -2.75. The summed E-state index contributed by atoms with van der Waals surface area (Å²) in [7, 11) is 1.96. The van der Waals surface area contributed by atoms with Crippen molar-refractivity contribution in [3.8, 4) is 28.2 Å². The molecular formula is C47H44F4IrN5-3. The van der Waals surface area contributed by atoms with Gasteiger partial charge in [0.2, 0.25) is 6.33 Å². The molecular weight excluding hydrogens is 903 g/mol. The summed E-state index contributed by atoms with van der Waals surface area (Å²) in [5, 5.41) is 0. The van der Waals surface area contributed by atoms with Gasteiger partial charge in [-0.1, -0.05) is 94.8 Å². The molecule has 5 nitrogen and oxygen atoms in total.